The third-order valence-corrected chi connectivity index (χ3v) is 5.80. The highest BCUT2D eigenvalue weighted by Crippen LogP contribution is 2.37. The molecule has 11 heteroatoms. The molecule has 0 amide bonds. The molecule has 11 nitrogen and oxygen atoms in total. The Morgan fingerprint density at radius 1 is 1.03 bits per heavy atom. The molecule has 1 aliphatic heterocycles. The first-order chi connectivity index (χ1) is 17.1. The Morgan fingerprint density at radius 3 is 2.36 bits per heavy atom. The maximum absolute atomic E-state index is 13.5. The van der Waals surface area contributed by atoms with Crippen LogP contribution in [-0.2, 0) is 14.3 Å². The van der Waals surface area contributed by atoms with Crippen LogP contribution >= 0.6 is 0 Å². The molecule has 0 aliphatic carbocycles. The molecule has 1 aliphatic rings. The number of carbonyl (C=O) groups excluding carboxylic acids is 1. The zero-order chi connectivity index (χ0) is 26.1. The number of phenols is 3. The van der Waals surface area contributed by atoms with Crippen LogP contribution in [0.25, 0.3) is 22.3 Å². The number of phenolic OH excluding ortho intramolecular Hbond substituents is 3. The Morgan fingerprint density at radius 2 is 1.72 bits per heavy atom. The molecule has 0 unspecified atom stereocenters. The molecule has 36 heavy (non-hydrogen) atoms. The molecule has 0 radical (unpaired) electrons. The second kappa shape index (κ2) is 10.1. The van der Waals surface area contributed by atoms with Gasteiger partial charge in [0.05, 0.1) is 0 Å². The van der Waals surface area contributed by atoms with E-state index in [1.165, 1.54) is 31.2 Å². The van der Waals surface area contributed by atoms with Crippen molar-refractivity contribution in [2.45, 2.75) is 57.4 Å². The smallest absolute Gasteiger partial charge is 0.303 e. The topological polar surface area (TPSA) is 176 Å². The summed E-state index contributed by atoms with van der Waals surface area (Å²) in [5.74, 6) is -2.22. The van der Waals surface area contributed by atoms with Gasteiger partial charge in [-0.25, -0.2) is 0 Å². The molecule has 192 valence electrons. The van der Waals surface area contributed by atoms with Gasteiger partial charge in [0, 0.05) is 24.6 Å². The monoisotopic (exact) mass is 502 g/mol. The van der Waals surface area contributed by atoms with E-state index in [-0.39, 0.29) is 28.2 Å². The first-order valence-corrected chi connectivity index (χ1v) is 11.3. The van der Waals surface area contributed by atoms with Gasteiger partial charge in [-0.3, -0.25) is 9.59 Å². The minimum absolute atomic E-state index is 0.0484. The predicted molar refractivity (Wildman–Crippen MR) is 125 cm³/mol. The van der Waals surface area contributed by atoms with Crippen molar-refractivity contribution in [2.24, 2.45) is 0 Å². The lowest BCUT2D eigenvalue weighted by molar-refractivity contribution is -0.277. The lowest BCUT2D eigenvalue weighted by atomic mass is 9.95. The molecular formula is C25H26O11. The van der Waals surface area contributed by atoms with Gasteiger partial charge in [0.1, 0.15) is 46.5 Å². The molecule has 1 aromatic heterocycles. The largest absolute Gasteiger partial charge is 0.508 e. The highest BCUT2D eigenvalue weighted by molar-refractivity contribution is 5.88. The average Bonchev–Trinajstić information content (AvgIpc) is 2.81. The van der Waals surface area contributed by atoms with Gasteiger partial charge in [-0.1, -0.05) is 13.3 Å². The van der Waals surface area contributed by atoms with E-state index in [0.29, 0.717) is 18.4 Å². The Hall–Kier alpha value is -3.80. The normalized spacial score (nSPS) is 23.9. The maximum atomic E-state index is 13.5. The van der Waals surface area contributed by atoms with Gasteiger partial charge >= 0.3 is 5.97 Å². The number of ether oxygens (including phenoxy) is 3. The SMILES string of the molecule is CCC[C@@H]1O[C@@H](Oc2c(-c3ccc(O)cc3)oc3cc(O)cc(O)c3c2=O)[C@H](O)[C@H](O)[C@H]1OC(C)=O. The van der Waals surface area contributed by atoms with E-state index in [2.05, 4.69) is 0 Å². The Balaban J connectivity index is 1.82. The molecule has 2 aromatic carbocycles. The summed E-state index contributed by atoms with van der Waals surface area (Å²) in [4.78, 5) is 25.0. The molecule has 1 saturated heterocycles. The summed E-state index contributed by atoms with van der Waals surface area (Å²) >= 11 is 0. The van der Waals surface area contributed by atoms with Gasteiger partial charge in [0.15, 0.2) is 11.9 Å². The van der Waals surface area contributed by atoms with Gasteiger partial charge in [-0.05, 0) is 30.7 Å². The lowest BCUT2D eigenvalue weighted by Gasteiger charge is -2.41. The van der Waals surface area contributed by atoms with E-state index >= 15 is 0 Å². The number of aliphatic hydroxyl groups is 2. The molecule has 0 bridgehead atoms. The van der Waals surface area contributed by atoms with Gasteiger partial charge in [0.2, 0.25) is 17.5 Å². The van der Waals surface area contributed by atoms with E-state index in [1.54, 1.807) is 0 Å². The minimum atomic E-state index is -1.72. The highest BCUT2D eigenvalue weighted by atomic mass is 16.7. The van der Waals surface area contributed by atoms with E-state index in [9.17, 15) is 35.1 Å². The number of carbonyl (C=O) groups is 1. The van der Waals surface area contributed by atoms with Crippen LogP contribution in [0, 0.1) is 0 Å². The standard InChI is InChI=1S/C25H26O11/c1-3-4-16-23(33-11(2)26)20(31)21(32)25(35-16)36-24-19(30)18-15(29)9-14(28)10-17(18)34-22(24)12-5-7-13(27)8-6-12/h5-10,16,20-21,23,25,27-29,31-32H,3-4H2,1-2H3/t16-,20-,21+,23-,25-/m0/s1. The number of esters is 1. The zero-order valence-corrected chi connectivity index (χ0v) is 19.5. The first-order valence-electron chi connectivity index (χ1n) is 11.3. The fourth-order valence-electron chi connectivity index (χ4n) is 4.15. The van der Waals surface area contributed by atoms with Crippen molar-refractivity contribution in [3.8, 4) is 34.3 Å². The number of hydrogen-bond acceptors (Lipinski definition) is 11. The second-order valence-corrected chi connectivity index (χ2v) is 8.48. The summed E-state index contributed by atoms with van der Waals surface area (Å²) < 4.78 is 22.6. The number of hydrogen-bond donors (Lipinski definition) is 5. The van der Waals surface area contributed by atoms with E-state index in [1.807, 2.05) is 6.92 Å². The molecular weight excluding hydrogens is 476 g/mol. The van der Waals surface area contributed by atoms with Crippen LogP contribution in [0.3, 0.4) is 0 Å². The van der Waals surface area contributed by atoms with Crippen LogP contribution < -0.4 is 10.2 Å². The Kier molecular flexibility index (Phi) is 7.07. The summed E-state index contributed by atoms with van der Waals surface area (Å²) in [5, 5.41) is 50.9. The maximum Gasteiger partial charge on any atom is 0.303 e. The van der Waals surface area contributed by atoms with Crippen LogP contribution in [0.5, 0.6) is 23.0 Å². The van der Waals surface area contributed by atoms with Crippen molar-refractivity contribution in [2.75, 3.05) is 0 Å². The number of aromatic hydroxyl groups is 3. The summed E-state index contributed by atoms with van der Waals surface area (Å²) in [6, 6.07) is 7.68. The first kappa shape index (κ1) is 25.3. The van der Waals surface area contributed by atoms with Crippen LogP contribution in [-0.4, -0.2) is 62.2 Å². The third-order valence-electron chi connectivity index (χ3n) is 5.80. The summed E-state index contributed by atoms with van der Waals surface area (Å²) in [5.41, 5.74) is -0.688. The van der Waals surface area contributed by atoms with E-state index in [4.69, 9.17) is 18.6 Å². The molecule has 0 spiro atoms. The van der Waals surface area contributed by atoms with Gasteiger partial charge in [0.25, 0.3) is 0 Å². The minimum Gasteiger partial charge on any atom is -0.508 e. The van der Waals surface area contributed by atoms with Crippen LogP contribution in [0.4, 0.5) is 0 Å². The molecule has 2 heterocycles. The van der Waals surface area contributed by atoms with E-state index in [0.717, 1.165) is 12.1 Å². The van der Waals surface area contributed by atoms with Crippen molar-refractivity contribution in [3.05, 3.63) is 46.6 Å². The molecule has 1 fully saturated rings. The van der Waals surface area contributed by atoms with Crippen LogP contribution in [0.15, 0.2) is 45.6 Å². The summed E-state index contributed by atoms with van der Waals surface area (Å²) in [6.07, 6.45) is -5.95. The molecule has 5 atom stereocenters. The van der Waals surface area contributed by atoms with E-state index < -0.39 is 53.6 Å². The lowest BCUT2D eigenvalue weighted by Crippen LogP contribution is -2.60. The van der Waals surface area contributed by atoms with Crippen LogP contribution in [0.2, 0.25) is 0 Å². The quantitative estimate of drug-likeness (QED) is 0.312. The van der Waals surface area contributed by atoms with Crippen molar-refractivity contribution < 1.29 is 49.0 Å². The average molecular weight is 502 g/mol. The van der Waals surface area contributed by atoms with Crippen molar-refractivity contribution in [3.63, 3.8) is 0 Å². The van der Waals surface area contributed by atoms with Gasteiger partial charge in [-0.15, -0.1) is 0 Å². The predicted octanol–water partition coefficient (Wildman–Crippen LogP) is 2.13. The molecule has 5 N–H and O–H groups in total. The summed E-state index contributed by atoms with van der Waals surface area (Å²) in [7, 11) is 0. The van der Waals surface area contributed by atoms with Crippen molar-refractivity contribution >= 4 is 16.9 Å². The van der Waals surface area contributed by atoms with Crippen molar-refractivity contribution in [1.82, 2.24) is 0 Å². The molecule has 4 rings (SSSR count). The number of rotatable bonds is 6. The van der Waals surface area contributed by atoms with Crippen LogP contribution in [0.1, 0.15) is 26.7 Å². The summed E-state index contributed by atoms with van der Waals surface area (Å²) in [6.45, 7) is 3.01. The number of fused-ring (bicyclic) bond motifs is 1. The fraction of sp³-hybridized carbons (Fsp3) is 0.360. The Labute approximate surface area is 204 Å². The Bertz CT molecular complexity index is 1310. The van der Waals surface area contributed by atoms with Crippen molar-refractivity contribution in [1.29, 1.82) is 0 Å². The van der Waals surface area contributed by atoms with Gasteiger partial charge < -0.3 is 44.2 Å². The molecule has 3 aromatic rings. The highest BCUT2D eigenvalue weighted by Gasteiger charge is 2.47. The van der Waals surface area contributed by atoms with Gasteiger partial charge in [-0.2, -0.15) is 0 Å². The third kappa shape index (κ3) is 4.81. The number of benzene rings is 2. The molecule has 0 saturated carbocycles. The fourth-order valence-corrected chi connectivity index (χ4v) is 4.15. The second-order valence-electron chi connectivity index (χ2n) is 8.48. The zero-order valence-electron chi connectivity index (χ0n) is 19.5. The number of aliphatic hydroxyl groups excluding tert-OH is 2.